The molecule has 0 aliphatic carbocycles. The average Bonchev–Trinajstić information content (AvgIpc) is 2.87. The van der Waals surface area contributed by atoms with E-state index in [-0.39, 0.29) is 16.7 Å². The summed E-state index contributed by atoms with van der Waals surface area (Å²) in [5.41, 5.74) is -3.28. The second-order valence-electron chi connectivity index (χ2n) is 4.37. The van der Waals surface area contributed by atoms with Gasteiger partial charge in [0.05, 0.1) is 0 Å². The maximum atomic E-state index is 12.2. The van der Waals surface area contributed by atoms with E-state index in [4.69, 9.17) is 0 Å². The highest BCUT2D eigenvalue weighted by Gasteiger charge is 2.28. The Labute approximate surface area is 129 Å². The van der Waals surface area contributed by atoms with Gasteiger partial charge in [0, 0.05) is 29.1 Å². The standard InChI is InChI=1S/C14H15F3N2S2/c1-2-11-8-19-13(20-11)9-18-7-10-3-5-12(6-4-10)21-14(15,16)17/h3-6,8,18H,2,7,9H2,1H3. The molecule has 7 heteroatoms. The van der Waals surface area contributed by atoms with E-state index in [0.29, 0.717) is 13.1 Å². The van der Waals surface area contributed by atoms with Crippen LogP contribution in [0.5, 0.6) is 0 Å². The number of nitrogens with one attached hydrogen (secondary N) is 1. The number of hydrogen-bond acceptors (Lipinski definition) is 4. The average molecular weight is 332 g/mol. The number of halogens is 3. The predicted octanol–water partition coefficient (Wildman–Crippen LogP) is 4.61. The van der Waals surface area contributed by atoms with Gasteiger partial charge in [-0.15, -0.1) is 11.3 Å². The molecule has 0 fully saturated rings. The lowest BCUT2D eigenvalue weighted by molar-refractivity contribution is -0.0328. The molecule has 1 heterocycles. The Morgan fingerprint density at radius 1 is 1.19 bits per heavy atom. The first-order valence-electron chi connectivity index (χ1n) is 6.45. The van der Waals surface area contributed by atoms with Gasteiger partial charge in [0.15, 0.2) is 0 Å². The fourth-order valence-electron chi connectivity index (χ4n) is 1.72. The van der Waals surface area contributed by atoms with E-state index in [2.05, 4.69) is 17.2 Å². The van der Waals surface area contributed by atoms with E-state index in [1.807, 2.05) is 6.20 Å². The molecule has 114 valence electrons. The summed E-state index contributed by atoms with van der Waals surface area (Å²) in [6, 6.07) is 6.41. The van der Waals surface area contributed by atoms with Crippen molar-refractivity contribution in [3.63, 3.8) is 0 Å². The summed E-state index contributed by atoms with van der Waals surface area (Å²) in [5.74, 6) is 0. The Morgan fingerprint density at radius 2 is 1.90 bits per heavy atom. The first-order valence-corrected chi connectivity index (χ1v) is 8.08. The topological polar surface area (TPSA) is 24.9 Å². The highest BCUT2D eigenvalue weighted by Crippen LogP contribution is 2.36. The molecule has 0 radical (unpaired) electrons. The molecule has 0 saturated heterocycles. The van der Waals surface area contributed by atoms with E-state index in [1.54, 1.807) is 23.5 Å². The van der Waals surface area contributed by atoms with Crippen molar-refractivity contribution in [1.29, 1.82) is 0 Å². The fourth-order valence-corrected chi connectivity index (χ4v) is 3.09. The number of rotatable bonds is 6. The summed E-state index contributed by atoms with van der Waals surface area (Å²) in [7, 11) is 0. The van der Waals surface area contributed by atoms with E-state index in [0.717, 1.165) is 17.0 Å². The Balaban J connectivity index is 1.80. The van der Waals surface area contributed by atoms with Crippen LogP contribution < -0.4 is 5.32 Å². The third-order valence-electron chi connectivity index (χ3n) is 2.71. The van der Waals surface area contributed by atoms with Crippen LogP contribution in [0.2, 0.25) is 0 Å². The number of hydrogen-bond donors (Lipinski definition) is 1. The summed E-state index contributed by atoms with van der Waals surface area (Å²) < 4.78 is 36.6. The SMILES string of the molecule is CCc1cnc(CNCc2ccc(SC(F)(F)F)cc2)s1. The Morgan fingerprint density at radius 3 is 2.48 bits per heavy atom. The molecular formula is C14H15F3N2S2. The van der Waals surface area contributed by atoms with Gasteiger partial charge in [0.25, 0.3) is 0 Å². The summed E-state index contributed by atoms with van der Waals surface area (Å²) in [5, 5.41) is 4.27. The summed E-state index contributed by atoms with van der Waals surface area (Å²) in [6.45, 7) is 3.37. The zero-order valence-electron chi connectivity index (χ0n) is 11.4. The van der Waals surface area contributed by atoms with Crippen LogP contribution in [0.4, 0.5) is 13.2 Å². The molecule has 2 rings (SSSR count). The van der Waals surface area contributed by atoms with Gasteiger partial charge in [-0.1, -0.05) is 19.1 Å². The Bertz CT molecular complexity index is 564. The molecule has 0 aliphatic rings. The number of aromatic nitrogens is 1. The van der Waals surface area contributed by atoms with Gasteiger partial charge in [-0.25, -0.2) is 4.98 Å². The maximum Gasteiger partial charge on any atom is 0.446 e. The second-order valence-corrected chi connectivity index (χ2v) is 6.71. The first-order chi connectivity index (χ1) is 9.96. The van der Waals surface area contributed by atoms with Crippen LogP contribution in [0.1, 0.15) is 22.4 Å². The highest BCUT2D eigenvalue weighted by molar-refractivity contribution is 8.00. The van der Waals surface area contributed by atoms with Crippen LogP contribution in [0.15, 0.2) is 35.4 Å². The molecule has 21 heavy (non-hydrogen) atoms. The summed E-state index contributed by atoms with van der Waals surface area (Å²) >= 11 is 1.58. The molecule has 0 saturated carbocycles. The lowest BCUT2D eigenvalue weighted by atomic mass is 10.2. The molecule has 1 aromatic carbocycles. The molecule has 1 aromatic heterocycles. The normalized spacial score (nSPS) is 11.8. The van der Waals surface area contributed by atoms with Crippen molar-refractivity contribution in [2.45, 2.75) is 36.8 Å². The van der Waals surface area contributed by atoms with Crippen LogP contribution in [-0.4, -0.2) is 10.5 Å². The minimum absolute atomic E-state index is 0.0933. The zero-order chi connectivity index (χ0) is 15.3. The largest absolute Gasteiger partial charge is 0.446 e. The Hall–Kier alpha value is -1.05. The predicted molar refractivity (Wildman–Crippen MR) is 80.4 cm³/mol. The van der Waals surface area contributed by atoms with Gasteiger partial charge in [0.2, 0.25) is 0 Å². The van der Waals surface area contributed by atoms with Crippen LogP contribution in [0.3, 0.4) is 0 Å². The van der Waals surface area contributed by atoms with E-state index in [1.165, 1.54) is 17.0 Å². The van der Waals surface area contributed by atoms with Gasteiger partial charge in [0.1, 0.15) is 5.01 Å². The molecule has 0 aliphatic heterocycles. The number of nitrogens with zero attached hydrogens (tertiary/aromatic N) is 1. The molecule has 2 nitrogen and oxygen atoms in total. The monoisotopic (exact) mass is 332 g/mol. The highest BCUT2D eigenvalue weighted by atomic mass is 32.2. The molecule has 0 unspecified atom stereocenters. The number of aryl methyl sites for hydroxylation is 1. The second kappa shape index (κ2) is 7.29. The van der Waals surface area contributed by atoms with Crippen LogP contribution in [0.25, 0.3) is 0 Å². The number of alkyl halides is 3. The van der Waals surface area contributed by atoms with Crippen molar-refractivity contribution in [1.82, 2.24) is 10.3 Å². The minimum atomic E-state index is -4.23. The van der Waals surface area contributed by atoms with Gasteiger partial charge >= 0.3 is 5.51 Å². The Kier molecular flexibility index (Phi) is 5.66. The van der Waals surface area contributed by atoms with Gasteiger partial charge in [-0.3, -0.25) is 0 Å². The summed E-state index contributed by atoms with van der Waals surface area (Å²) in [4.78, 5) is 5.76. The van der Waals surface area contributed by atoms with Crippen LogP contribution in [-0.2, 0) is 19.5 Å². The van der Waals surface area contributed by atoms with Crippen molar-refractivity contribution in [3.05, 3.63) is 45.9 Å². The van der Waals surface area contributed by atoms with Gasteiger partial charge in [-0.2, -0.15) is 13.2 Å². The quantitative estimate of drug-likeness (QED) is 0.782. The van der Waals surface area contributed by atoms with E-state index >= 15 is 0 Å². The van der Waals surface area contributed by atoms with Gasteiger partial charge < -0.3 is 5.32 Å². The van der Waals surface area contributed by atoms with E-state index < -0.39 is 5.51 Å². The van der Waals surface area contributed by atoms with Crippen molar-refractivity contribution < 1.29 is 13.2 Å². The van der Waals surface area contributed by atoms with Crippen molar-refractivity contribution in [3.8, 4) is 0 Å². The lowest BCUT2D eigenvalue weighted by Gasteiger charge is -2.07. The zero-order valence-corrected chi connectivity index (χ0v) is 13.0. The molecule has 0 atom stereocenters. The molecular weight excluding hydrogens is 317 g/mol. The summed E-state index contributed by atoms with van der Waals surface area (Å²) in [6.07, 6.45) is 2.86. The van der Waals surface area contributed by atoms with Crippen LogP contribution in [0, 0.1) is 0 Å². The molecule has 1 N–H and O–H groups in total. The molecule has 2 aromatic rings. The molecule has 0 spiro atoms. The number of thioether (sulfide) groups is 1. The number of thiazole rings is 1. The van der Waals surface area contributed by atoms with Crippen molar-refractivity contribution >= 4 is 23.1 Å². The maximum absolute atomic E-state index is 12.2. The fraction of sp³-hybridized carbons (Fsp3) is 0.357. The van der Waals surface area contributed by atoms with Crippen molar-refractivity contribution in [2.24, 2.45) is 0 Å². The van der Waals surface area contributed by atoms with Gasteiger partial charge in [-0.05, 0) is 35.9 Å². The van der Waals surface area contributed by atoms with Crippen LogP contribution >= 0.6 is 23.1 Å². The molecule has 0 bridgehead atoms. The first kappa shape index (κ1) is 16.3. The van der Waals surface area contributed by atoms with E-state index in [9.17, 15) is 13.2 Å². The molecule has 0 amide bonds. The number of benzene rings is 1. The minimum Gasteiger partial charge on any atom is -0.306 e. The third kappa shape index (κ3) is 5.68. The smallest absolute Gasteiger partial charge is 0.306 e. The third-order valence-corrected chi connectivity index (χ3v) is 4.59. The van der Waals surface area contributed by atoms with Crippen molar-refractivity contribution in [2.75, 3.05) is 0 Å². The lowest BCUT2D eigenvalue weighted by Crippen LogP contribution is -2.12.